The topological polar surface area (TPSA) is 35.5 Å². The molecular weight excluding hydrogens is 156 g/mol. The SMILES string of the molecule is C=CCC(C)O/C=C/C(=O)OC. The van der Waals surface area contributed by atoms with Gasteiger partial charge in [-0.3, -0.25) is 0 Å². The monoisotopic (exact) mass is 170 g/mol. The van der Waals surface area contributed by atoms with Crippen molar-refractivity contribution in [2.24, 2.45) is 0 Å². The molecular formula is C9H14O3. The Morgan fingerprint density at radius 3 is 2.83 bits per heavy atom. The lowest BCUT2D eigenvalue weighted by atomic mass is 10.3. The molecule has 68 valence electrons. The van der Waals surface area contributed by atoms with Gasteiger partial charge in [0.2, 0.25) is 0 Å². The van der Waals surface area contributed by atoms with Crippen molar-refractivity contribution in [2.75, 3.05) is 7.11 Å². The van der Waals surface area contributed by atoms with Crippen LogP contribution < -0.4 is 0 Å². The van der Waals surface area contributed by atoms with Gasteiger partial charge in [0.25, 0.3) is 0 Å². The number of carbonyl (C=O) groups excluding carboxylic acids is 1. The first-order valence-electron chi connectivity index (χ1n) is 3.71. The Labute approximate surface area is 72.7 Å². The molecule has 0 aliphatic carbocycles. The lowest BCUT2D eigenvalue weighted by Gasteiger charge is -2.06. The van der Waals surface area contributed by atoms with Gasteiger partial charge < -0.3 is 9.47 Å². The number of carbonyl (C=O) groups is 1. The highest BCUT2D eigenvalue weighted by molar-refractivity contribution is 5.81. The fraction of sp³-hybridized carbons (Fsp3) is 0.444. The number of hydrogen-bond donors (Lipinski definition) is 0. The molecule has 0 heterocycles. The summed E-state index contributed by atoms with van der Waals surface area (Å²) in [5.74, 6) is -0.416. The summed E-state index contributed by atoms with van der Waals surface area (Å²) in [6.07, 6.45) is 5.13. The number of esters is 1. The minimum absolute atomic E-state index is 0.0448. The number of hydrogen-bond acceptors (Lipinski definition) is 3. The summed E-state index contributed by atoms with van der Waals surface area (Å²) in [6, 6.07) is 0. The van der Waals surface area contributed by atoms with Crippen molar-refractivity contribution in [2.45, 2.75) is 19.4 Å². The highest BCUT2D eigenvalue weighted by Gasteiger charge is 1.96. The summed E-state index contributed by atoms with van der Waals surface area (Å²) >= 11 is 0. The van der Waals surface area contributed by atoms with Gasteiger partial charge in [0.05, 0.1) is 25.6 Å². The van der Waals surface area contributed by atoms with Crippen LogP contribution in [0.3, 0.4) is 0 Å². The normalized spacial score (nSPS) is 12.5. The smallest absolute Gasteiger partial charge is 0.333 e. The standard InChI is InChI=1S/C9H14O3/c1-4-5-8(2)12-7-6-9(10)11-3/h4,6-8H,1,5H2,2-3H3/b7-6+. The molecule has 1 unspecified atom stereocenters. The van der Waals surface area contributed by atoms with Crippen LogP contribution in [0.1, 0.15) is 13.3 Å². The van der Waals surface area contributed by atoms with E-state index in [4.69, 9.17) is 4.74 Å². The minimum atomic E-state index is -0.416. The van der Waals surface area contributed by atoms with E-state index in [1.807, 2.05) is 6.92 Å². The zero-order valence-electron chi connectivity index (χ0n) is 7.45. The quantitative estimate of drug-likeness (QED) is 0.272. The molecule has 0 aromatic rings. The van der Waals surface area contributed by atoms with Gasteiger partial charge in [0, 0.05) is 6.42 Å². The van der Waals surface area contributed by atoms with Crippen LogP contribution >= 0.6 is 0 Å². The van der Waals surface area contributed by atoms with Gasteiger partial charge in [-0.15, -0.1) is 6.58 Å². The Hall–Kier alpha value is -1.25. The molecule has 12 heavy (non-hydrogen) atoms. The number of rotatable bonds is 5. The third kappa shape index (κ3) is 5.53. The van der Waals surface area contributed by atoms with Crippen LogP contribution in [-0.4, -0.2) is 19.2 Å². The second-order valence-corrected chi connectivity index (χ2v) is 2.30. The van der Waals surface area contributed by atoms with Crippen LogP contribution in [0.15, 0.2) is 25.0 Å². The van der Waals surface area contributed by atoms with E-state index in [9.17, 15) is 4.79 Å². The second-order valence-electron chi connectivity index (χ2n) is 2.30. The largest absolute Gasteiger partial charge is 0.498 e. The molecule has 0 bridgehead atoms. The van der Waals surface area contributed by atoms with Crippen LogP contribution in [0.4, 0.5) is 0 Å². The zero-order valence-corrected chi connectivity index (χ0v) is 7.45. The van der Waals surface area contributed by atoms with E-state index < -0.39 is 5.97 Å². The van der Waals surface area contributed by atoms with E-state index >= 15 is 0 Å². The highest BCUT2D eigenvalue weighted by Crippen LogP contribution is 1.97. The Kier molecular flexibility index (Phi) is 5.79. The summed E-state index contributed by atoms with van der Waals surface area (Å²) in [4.78, 5) is 10.5. The lowest BCUT2D eigenvalue weighted by Crippen LogP contribution is -2.02. The molecule has 0 rings (SSSR count). The zero-order chi connectivity index (χ0) is 9.40. The van der Waals surface area contributed by atoms with Crippen LogP contribution in [0.25, 0.3) is 0 Å². The molecule has 0 aliphatic heterocycles. The van der Waals surface area contributed by atoms with E-state index in [-0.39, 0.29) is 6.10 Å². The molecule has 3 nitrogen and oxygen atoms in total. The summed E-state index contributed by atoms with van der Waals surface area (Å²) in [5, 5.41) is 0. The lowest BCUT2D eigenvalue weighted by molar-refractivity contribution is -0.135. The van der Waals surface area contributed by atoms with Crippen LogP contribution in [0.5, 0.6) is 0 Å². The molecule has 0 radical (unpaired) electrons. The van der Waals surface area contributed by atoms with Crippen molar-refractivity contribution < 1.29 is 14.3 Å². The molecule has 0 aliphatic rings. The summed E-state index contributed by atoms with van der Waals surface area (Å²) in [6.45, 7) is 5.46. The Morgan fingerprint density at radius 2 is 2.33 bits per heavy atom. The van der Waals surface area contributed by atoms with Crippen molar-refractivity contribution >= 4 is 5.97 Å². The minimum Gasteiger partial charge on any atom is -0.498 e. The summed E-state index contributed by atoms with van der Waals surface area (Å²) in [7, 11) is 1.32. The summed E-state index contributed by atoms with van der Waals surface area (Å²) < 4.78 is 9.47. The third-order valence-electron chi connectivity index (χ3n) is 1.21. The van der Waals surface area contributed by atoms with E-state index in [0.717, 1.165) is 6.42 Å². The number of methoxy groups -OCH3 is 1. The first-order chi connectivity index (χ1) is 5.70. The van der Waals surface area contributed by atoms with Crippen molar-refractivity contribution in [3.05, 3.63) is 25.0 Å². The van der Waals surface area contributed by atoms with E-state index in [0.29, 0.717) is 0 Å². The molecule has 0 saturated carbocycles. The molecule has 0 spiro atoms. The van der Waals surface area contributed by atoms with Crippen molar-refractivity contribution in [3.8, 4) is 0 Å². The van der Waals surface area contributed by atoms with E-state index in [1.165, 1.54) is 19.4 Å². The van der Waals surface area contributed by atoms with Crippen LogP contribution in [0, 0.1) is 0 Å². The Balaban J connectivity index is 3.58. The third-order valence-corrected chi connectivity index (χ3v) is 1.21. The van der Waals surface area contributed by atoms with Crippen LogP contribution in [0.2, 0.25) is 0 Å². The van der Waals surface area contributed by atoms with Crippen molar-refractivity contribution in [1.82, 2.24) is 0 Å². The average molecular weight is 170 g/mol. The molecule has 0 N–H and O–H groups in total. The fourth-order valence-electron chi connectivity index (χ4n) is 0.587. The molecule has 0 aromatic heterocycles. The van der Waals surface area contributed by atoms with Gasteiger partial charge in [-0.2, -0.15) is 0 Å². The van der Waals surface area contributed by atoms with E-state index in [1.54, 1.807) is 6.08 Å². The molecule has 1 atom stereocenters. The number of ether oxygens (including phenoxy) is 2. The molecule has 0 aromatic carbocycles. The van der Waals surface area contributed by atoms with Gasteiger partial charge in [-0.05, 0) is 6.92 Å². The maximum atomic E-state index is 10.5. The van der Waals surface area contributed by atoms with Gasteiger partial charge in [0.1, 0.15) is 0 Å². The second kappa shape index (κ2) is 6.46. The molecule has 0 amide bonds. The van der Waals surface area contributed by atoms with E-state index in [2.05, 4.69) is 11.3 Å². The van der Waals surface area contributed by atoms with Crippen LogP contribution in [-0.2, 0) is 14.3 Å². The highest BCUT2D eigenvalue weighted by atomic mass is 16.5. The fourth-order valence-corrected chi connectivity index (χ4v) is 0.587. The maximum Gasteiger partial charge on any atom is 0.333 e. The Bertz CT molecular complexity index is 173. The first kappa shape index (κ1) is 10.8. The van der Waals surface area contributed by atoms with Gasteiger partial charge in [-0.1, -0.05) is 6.08 Å². The first-order valence-corrected chi connectivity index (χ1v) is 3.71. The van der Waals surface area contributed by atoms with Crippen molar-refractivity contribution in [1.29, 1.82) is 0 Å². The van der Waals surface area contributed by atoms with Crippen molar-refractivity contribution in [3.63, 3.8) is 0 Å². The molecule has 3 heteroatoms. The summed E-state index contributed by atoms with van der Waals surface area (Å²) in [5.41, 5.74) is 0. The predicted molar refractivity (Wildman–Crippen MR) is 46.5 cm³/mol. The van der Waals surface area contributed by atoms with Gasteiger partial charge in [0.15, 0.2) is 0 Å². The van der Waals surface area contributed by atoms with Gasteiger partial charge in [-0.25, -0.2) is 4.79 Å². The maximum absolute atomic E-state index is 10.5. The molecule has 0 saturated heterocycles. The Morgan fingerprint density at radius 1 is 1.67 bits per heavy atom. The average Bonchev–Trinajstić information content (AvgIpc) is 2.04. The van der Waals surface area contributed by atoms with Gasteiger partial charge >= 0.3 is 5.97 Å². The predicted octanol–water partition coefficient (Wildman–Crippen LogP) is 1.65. The molecule has 0 fully saturated rings.